The second kappa shape index (κ2) is 8.93. The van der Waals surface area contributed by atoms with Crippen LogP contribution in [0.5, 0.6) is 0 Å². The average molecular weight is 423 g/mol. The van der Waals surface area contributed by atoms with Crippen LogP contribution in [0, 0.1) is 12.8 Å². The third-order valence-electron chi connectivity index (χ3n) is 5.59. The number of rotatable bonds is 6. The Bertz CT molecular complexity index is 1050. The van der Waals surface area contributed by atoms with E-state index in [2.05, 4.69) is 0 Å². The fourth-order valence-corrected chi connectivity index (χ4v) is 4.99. The van der Waals surface area contributed by atoms with Crippen LogP contribution in [0.3, 0.4) is 0 Å². The van der Waals surface area contributed by atoms with Crippen molar-refractivity contribution in [3.63, 3.8) is 0 Å². The van der Waals surface area contributed by atoms with E-state index in [1.54, 1.807) is 4.90 Å². The van der Waals surface area contributed by atoms with Crippen LogP contribution >= 0.6 is 11.3 Å². The molecular formula is C23H26N4O2S. The van der Waals surface area contributed by atoms with Crippen molar-refractivity contribution in [3.05, 3.63) is 59.7 Å². The first-order valence-electron chi connectivity index (χ1n) is 10.2. The number of carbonyl (C=O) groups is 2. The van der Waals surface area contributed by atoms with Crippen molar-refractivity contribution in [1.82, 2.24) is 9.88 Å². The Morgan fingerprint density at radius 1 is 1.20 bits per heavy atom. The Hall–Kier alpha value is -2.77. The maximum Gasteiger partial charge on any atom is 0.243 e. The molecule has 2 amide bonds. The molecule has 6 nitrogen and oxygen atoms in total. The molecule has 1 saturated heterocycles. The van der Waals surface area contributed by atoms with Crippen molar-refractivity contribution in [3.8, 4) is 0 Å². The zero-order chi connectivity index (χ0) is 21.1. The molecule has 0 radical (unpaired) electrons. The Balaban J connectivity index is 1.60. The molecule has 0 spiro atoms. The molecule has 1 aliphatic heterocycles. The number of para-hydroxylation sites is 1. The van der Waals surface area contributed by atoms with Crippen molar-refractivity contribution >= 4 is 38.5 Å². The molecule has 7 heteroatoms. The topological polar surface area (TPSA) is 79.5 Å². The lowest BCUT2D eigenvalue weighted by Gasteiger charge is -2.32. The molecule has 30 heavy (non-hydrogen) atoms. The molecule has 0 aliphatic carbocycles. The summed E-state index contributed by atoms with van der Waals surface area (Å²) in [5.41, 5.74) is 8.59. The minimum Gasteiger partial charge on any atom is -0.369 e. The van der Waals surface area contributed by atoms with Crippen molar-refractivity contribution in [2.75, 3.05) is 24.5 Å². The minimum atomic E-state index is -0.282. The highest BCUT2D eigenvalue weighted by atomic mass is 32.1. The maximum atomic E-state index is 13.4. The second-order valence-electron chi connectivity index (χ2n) is 7.86. The van der Waals surface area contributed by atoms with Crippen LogP contribution in [0.15, 0.2) is 48.5 Å². The van der Waals surface area contributed by atoms with E-state index >= 15 is 0 Å². The van der Waals surface area contributed by atoms with E-state index in [1.165, 1.54) is 11.3 Å². The number of nitrogens with two attached hydrogens (primary N) is 1. The molecule has 2 N–H and O–H groups in total. The first-order valence-corrected chi connectivity index (χ1v) is 11.0. The van der Waals surface area contributed by atoms with Crippen LogP contribution in [0.4, 0.5) is 5.13 Å². The van der Waals surface area contributed by atoms with Crippen molar-refractivity contribution in [2.45, 2.75) is 26.3 Å². The Morgan fingerprint density at radius 2 is 2.00 bits per heavy atom. The van der Waals surface area contributed by atoms with E-state index in [0.717, 1.165) is 40.7 Å². The van der Waals surface area contributed by atoms with Gasteiger partial charge < -0.3 is 5.73 Å². The second-order valence-corrected chi connectivity index (χ2v) is 8.87. The van der Waals surface area contributed by atoms with Crippen molar-refractivity contribution in [2.24, 2.45) is 11.7 Å². The van der Waals surface area contributed by atoms with Crippen molar-refractivity contribution in [1.29, 1.82) is 0 Å². The third kappa shape index (κ3) is 4.52. The summed E-state index contributed by atoms with van der Waals surface area (Å²) in [6, 6.07) is 16.0. The molecule has 1 fully saturated rings. The number of carbonyl (C=O) groups excluding carboxylic acids is 2. The van der Waals surface area contributed by atoms with Crippen LogP contribution in [-0.4, -0.2) is 41.3 Å². The van der Waals surface area contributed by atoms with Crippen LogP contribution in [0.2, 0.25) is 0 Å². The highest BCUT2D eigenvalue weighted by Crippen LogP contribution is 2.31. The molecule has 2 heterocycles. The number of fused-ring (bicyclic) bond motifs is 1. The van der Waals surface area contributed by atoms with Gasteiger partial charge in [-0.05, 0) is 43.5 Å². The highest BCUT2D eigenvalue weighted by molar-refractivity contribution is 7.22. The van der Waals surface area contributed by atoms with E-state index in [1.807, 2.05) is 60.4 Å². The Labute approximate surface area is 180 Å². The molecule has 2 aromatic carbocycles. The number of anilines is 1. The fourth-order valence-electron chi connectivity index (χ4n) is 3.93. The van der Waals surface area contributed by atoms with E-state index in [4.69, 9.17) is 10.7 Å². The molecule has 0 unspecified atom stereocenters. The molecular weight excluding hydrogens is 396 g/mol. The van der Waals surface area contributed by atoms with Crippen LogP contribution in [-0.2, 0) is 16.1 Å². The van der Waals surface area contributed by atoms with Gasteiger partial charge in [-0.15, -0.1) is 0 Å². The molecule has 1 aromatic heterocycles. The zero-order valence-electron chi connectivity index (χ0n) is 17.1. The van der Waals surface area contributed by atoms with Gasteiger partial charge in [-0.1, -0.05) is 53.8 Å². The Morgan fingerprint density at radius 3 is 2.73 bits per heavy atom. The van der Waals surface area contributed by atoms with E-state index < -0.39 is 0 Å². The lowest BCUT2D eigenvalue weighted by molar-refractivity contribution is -0.125. The van der Waals surface area contributed by atoms with Gasteiger partial charge in [-0.3, -0.25) is 19.4 Å². The number of aromatic nitrogens is 1. The SMILES string of the molecule is Cc1cccc2sc(N(Cc3ccccc3)C(=O)CN3CCC[C@@H](C(N)=O)C3)nc12. The van der Waals surface area contributed by atoms with Gasteiger partial charge >= 0.3 is 0 Å². The number of hydrogen-bond donors (Lipinski definition) is 1. The number of aryl methyl sites for hydroxylation is 1. The standard InChI is InChI=1S/C23H26N4O2S/c1-16-7-5-11-19-21(16)25-23(30-19)27(13-17-8-3-2-4-9-17)20(28)15-26-12-6-10-18(14-26)22(24)29/h2-5,7-9,11,18H,6,10,12-15H2,1H3,(H2,24,29)/t18-/m1/s1. The summed E-state index contributed by atoms with van der Waals surface area (Å²) >= 11 is 1.54. The summed E-state index contributed by atoms with van der Waals surface area (Å²) in [6.07, 6.45) is 1.67. The monoisotopic (exact) mass is 422 g/mol. The molecule has 1 aliphatic rings. The maximum absolute atomic E-state index is 13.4. The smallest absolute Gasteiger partial charge is 0.243 e. The molecule has 4 rings (SSSR count). The largest absolute Gasteiger partial charge is 0.369 e. The van der Waals surface area contributed by atoms with Gasteiger partial charge in [0.1, 0.15) is 0 Å². The lowest BCUT2D eigenvalue weighted by atomic mass is 9.97. The van der Waals surface area contributed by atoms with Gasteiger partial charge in [-0.25, -0.2) is 4.98 Å². The number of hydrogen-bond acceptors (Lipinski definition) is 5. The number of likely N-dealkylation sites (tertiary alicyclic amines) is 1. The number of thiazole rings is 1. The first kappa shape index (κ1) is 20.5. The zero-order valence-corrected chi connectivity index (χ0v) is 17.9. The number of piperidine rings is 1. The lowest BCUT2D eigenvalue weighted by Crippen LogP contribution is -2.46. The van der Waals surface area contributed by atoms with Gasteiger partial charge in [0.05, 0.1) is 29.2 Å². The summed E-state index contributed by atoms with van der Waals surface area (Å²) in [4.78, 5) is 33.6. The molecule has 3 aromatic rings. The number of amides is 2. The average Bonchev–Trinajstić information content (AvgIpc) is 3.18. The highest BCUT2D eigenvalue weighted by Gasteiger charge is 2.28. The summed E-state index contributed by atoms with van der Waals surface area (Å²) in [5.74, 6) is -0.477. The predicted octanol–water partition coefficient (Wildman–Crippen LogP) is 3.34. The van der Waals surface area contributed by atoms with Crippen LogP contribution < -0.4 is 10.6 Å². The predicted molar refractivity (Wildman–Crippen MR) is 120 cm³/mol. The van der Waals surface area contributed by atoms with E-state index in [0.29, 0.717) is 18.2 Å². The summed E-state index contributed by atoms with van der Waals surface area (Å²) < 4.78 is 1.07. The fraction of sp³-hybridized carbons (Fsp3) is 0.348. The number of primary amides is 1. The molecule has 1 atom stereocenters. The third-order valence-corrected chi connectivity index (χ3v) is 6.64. The van der Waals surface area contributed by atoms with Crippen molar-refractivity contribution < 1.29 is 9.59 Å². The van der Waals surface area contributed by atoms with Crippen LogP contribution in [0.1, 0.15) is 24.0 Å². The van der Waals surface area contributed by atoms with Gasteiger partial charge in [-0.2, -0.15) is 0 Å². The number of nitrogens with zero attached hydrogens (tertiary/aromatic N) is 3. The summed E-state index contributed by atoms with van der Waals surface area (Å²) in [6.45, 7) is 4.09. The van der Waals surface area contributed by atoms with Gasteiger partial charge in [0.15, 0.2) is 5.13 Å². The van der Waals surface area contributed by atoms with Gasteiger partial charge in [0.2, 0.25) is 11.8 Å². The van der Waals surface area contributed by atoms with Gasteiger partial charge in [0.25, 0.3) is 0 Å². The van der Waals surface area contributed by atoms with E-state index in [9.17, 15) is 9.59 Å². The quantitative estimate of drug-likeness (QED) is 0.661. The van der Waals surface area contributed by atoms with Crippen LogP contribution in [0.25, 0.3) is 10.2 Å². The summed E-state index contributed by atoms with van der Waals surface area (Å²) in [7, 11) is 0. The normalized spacial score (nSPS) is 17.2. The Kier molecular flexibility index (Phi) is 6.11. The molecule has 0 bridgehead atoms. The minimum absolute atomic E-state index is 0.0133. The van der Waals surface area contributed by atoms with Gasteiger partial charge in [0, 0.05) is 6.54 Å². The first-order chi connectivity index (χ1) is 14.5. The summed E-state index contributed by atoms with van der Waals surface area (Å²) in [5, 5.41) is 0.705. The number of benzene rings is 2. The molecule has 0 saturated carbocycles. The molecule has 156 valence electrons. The van der Waals surface area contributed by atoms with E-state index in [-0.39, 0.29) is 24.3 Å².